The number of fused-ring (bicyclic) bond motifs is 2. The number of nitriles is 1. The number of aromatic nitrogens is 1. The van der Waals surface area contributed by atoms with Gasteiger partial charge in [0.25, 0.3) is 0 Å². The Kier molecular flexibility index (Phi) is 9.20. The van der Waals surface area contributed by atoms with Gasteiger partial charge in [0.15, 0.2) is 11.4 Å². The predicted octanol–water partition coefficient (Wildman–Crippen LogP) is 4.52. The van der Waals surface area contributed by atoms with Gasteiger partial charge >= 0.3 is 29.5 Å². The highest BCUT2D eigenvalue weighted by Gasteiger charge is 2.57. The van der Waals surface area contributed by atoms with Crippen molar-refractivity contribution in [2.45, 2.75) is 64.8 Å². The Morgan fingerprint density at radius 3 is 2.42 bits per heavy atom. The minimum absolute atomic E-state index is 0.00167. The van der Waals surface area contributed by atoms with Crippen LogP contribution in [0.2, 0.25) is 0 Å². The number of hydrogen-bond donors (Lipinski definition) is 0. The number of carbonyl (C=O) groups is 4. The van der Waals surface area contributed by atoms with E-state index in [9.17, 15) is 29.2 Å². The van der Waals surface area contributed by atoms with E-state index in [0.29, 0.717) is 11.1 Å². The van der Waals surface area contributed by atoms with Crippen LogP contribution in [0.4, 0.5) is 0 Å². The average molecular weight is 657 g/mol. The summed E-state index contributed by atoms with van der Waals surface area (Å²) in [5.74, 6) is -3.52. The number of nitrogens with zero attached hydrogens (tertiary/aromatic N) is 2. The molecule has 0 saturated heterocycles. The molecule has 0 bridgehead atoms. The van der Waals surface area contributed by atoms with Crippen LogP contribution in [0.15, 0.2) is 69.6 Å². The summed E-state index contributed by atoms with van der Waals surface area (Å²) in [4.78, 5) is 67.9. The van der Waals surface area contributed by atoms with Crippen molar-refractivity contribution in [1.29, 1.82) is 5.26 Å². The van der Waals surface area contributed by atoms with Crippen molar-refractivity contribution in [3.63, 3.8) is 0 Å². The maximum Gasteiger partial charge on any atom is 0.351 e. The normalized spacial score (nSPS) is 20.8. The van der Waals surface area contributed by atoms with Gasteiger partial charge in [-0.1, -0.05) is 0 Å². The maximum absolute atomic E-state index is 13.6. The molecule has 0 radical (unpaired) electrons. The number of hydrogen-bond acceptors (Lipinski definition) is 13. The van der Waals surface area contributed by atoms with Gasteiger partial charge in [0.05, 0.1) is 17.2 Å². The molecule has 248 valence electrons. The number of carbonyl (C=O) groups excluding carboxylic acids is 4. The smallest absolute Gasteiger partial charge is 0.351 e. The summed E-state index contributed by atoms with van der Waals surface area (Å²) in [6, 6.07) is 12.6. The van der Waals surface area contributed by atoms with Gasteiger partial charge in [0.2, 0.25) is 0 Å². The van der Waals surface area contributed by atoms with Crippen molar-refractivity contribution in [3.05, 3.63) is 87.5 Å². The Balaban J connectivity index is 1.69. The fraction of sp³-hybridized carbons (Fsp3) is 0.343. The van der Waals surface area contributed by atoms with Gasteiger partial charge < -0.3 is 28.1 Å². The summed E-state index contributed by atoms with van der Waals surface area (Å²) in [5.41, 5.74) is -2.82. The third kappa shape index (κ3) is 6.69. The van der Waals surface area contributed by atoms with Gasteiger partial charge in [-0.15, -0.1) is 0 Å². The van der Waals surface area contributed by atoms with E-state index < -0.39 is 52.7 Å². The molecule has 48 heavy (non-hydrogen) atoms. The van der Waals surface area contributed by atoms with Crippen molar-refractivity contribution in [1.82, 2.24) is 4.98 Å². The molecule has 3 heterocycles. The highest BCUT2D eigenvalue weighted by molar-refractivity contribution is 5.90. The molecule has 13 heteroatoms. The van der Waals surface area contributed by atoms with E-state index in [1.807, 2.05) is 6.07 Å². The molecule has 5 rings (SSSR count). The first kappa shape index (κ1) is 33.6. The van der Waals surface area contributed by atoms with E-state index in [1.165, 1.54) is 50.4 Å². The second-order valence-electron chi connectivity index (χ2n) is 11.9. The van der Waals surface area contributed by atoms with Crippen LogP contribution in [-0.4, -0.2) is 52.8 Å². The van der Waals surface area contributed by atoms with Crippen LogP contribution in [-0.2, 0) is 33.3 Å². The highest BCUT2D eigenvalue weighted by atomic mass is 16.6. The van der Waals surface area contributed by atoms with Crippen molar-refractivity contribution in [2.75, 3.05) is 6.61 Å². The summed E-state index contributed by atoms with van der Waals surface area (Å²) < 4.78 is 35.0. The minimum Gasteiger partial charge on any atom is -0.478 e. The molecule has 1 saturated carbocycles. The number of esters is 4. The number of ether oxygens (including phenoxy) is 5. The fourth-order valence-corrected chi connectivity index (χ4v) is 6.01. The Morgan fingerprint density at radius 2 is 1.81 bits per heavy atom. The molecule has 1 aliphatic heterocycles. The zero-order valence-corrected chi connectivity index (χ0v) is 26.9. The first-order valence-corrected chi connectivity index (χ1v) is 15.0. The van der Waals surface area contributed by atoms with Crippen LogP contribution in [0.1, 0.15) is 68.9 Å². The van der Waals surface area contributed by atoms with Crippen LogP contribution in [0.3, 0.4) is 0 Å². The second-order valence-corrected chi connectivity index (χ2v) is 11.9. The number of pyridine rings is 1. The first-order valence-electron chi connectivity index (χ1n) is 15.0. The summed E-state index contributed by atoms with van der Waals surface area (Å²) in [5, 5.41) is 9.19. The SMILES string of the molecule is CC(=O)OCC(C)(OC(C)=O)[C@H]1CC2=C(OC(C)=O)c3c(cc(-c4cccnc4)oc3=O)O[C@]2(C)[C@@H](OC(=O)c2ccc(C#N)cc2)C1. The van der Waals surface area contributed by atoms with E-state index in [1.54, 1.807) is 32.2 Å². The average Bonchev–Trinajstić information content (AvgIpc) is 3.03. The van der Waals surface area contributed by atoms with Gasteiger partial charge in [-0.05, 0) is 63.1 Å². The molecule has 13 nitrogen and oxygen atoms in total. The van der Waals surface area contributed by atoms with Crippen molar-refractivity contribution >= 4 is 29.6 Å². The van der Waals surface area contributed by atoms with E-state index in [4.69, 9.17) is 28.1 Å². The molecule has 0 spiro atoms. The van der Waals surface area contributed by atoms with Crippen molar-refractivity contribution in [2.24, 2.45) is 5.92 Å². The van der Waals surface area contributed by atoms with Crippen molar-refractivity contribution < 1.29 is 47.3 Å². The van der Waals surface area contributed by atoms with Crippen LogP contribution >= 0.6 is 0 Å². The third-order valence-corrected chi connectivity index (χ3v) is 8.39. The first-order chi connectivity index (χ1) is 22.7. The van der Waals surface area contributed by atoms with Gasteiger partial charge in [0.1, 0.15) is 35.4 Å². The summed E-state index contributed by atoms with van der Waals surface area (Å²) in [7, 11) is 0. The molecule has 2 aromatic heterocycles. The summed E-state index contributed by atoms with van der Waals surface area (Å²) in [6.45, 7) is 6.44. The van der Waals surface area contributed by atoms with Gasteiger partial charge in [-0.25, -0.2) is 9.59 Å². The second kappa shape index (κ2) is 13.2. The molecule has 4 atom stereocenters. The molecular formula is C35H32N2O11. The minimum atomic E-state index is -1.53. The maximum atomic E-state index is 13.6. The predicted molar refractivity (Wildman–Crippen MR) is 166 cm³/mol. The van der Waals surface area contributed by atoms with Crippen LogP contribution in [0.5, 0.6) is 5.75 Å². The molecular weight excluding hydrogens is 624 g/mol. The largest absolute Gasteiger partial charge is 0.478 e. The lowest BCUT2D eigenvalue weighted by Crippen LogP contribution is -2.59. The standard InChI is InChI=1S/C35H32N2O11/c1-19(38)43-18-34(4,47-21(3)40)25-13-26-31(44-20(2)39)30-28(15-27(45-33(30)42)24-7-6-12-37-17-24)48-35(26,5)29(14-25)46-32(41)23-10-8-22(16-36)9-11-23/h6-12,15,17,25,29H,13-14,18H2,1-5H3/t25-,29-,34?,35-/m0/s1. The molecule has 1 fully saturated rings. The van der Waals surface area contributed by atoms with Crippen LogP contribution < -0.4 is 10.4 Å². The van der Waals surface area contributed by atoms with Crippen LogP contribution in [0.25, 0.3) is 17.1 Å². The van der Waals surface area contributed by atoms with E-state index in [2.05, 4.69) is 4.98 Å². The third-order valence-electron chi connectivity index (χ3n) is 8.39. The quantitative estimate of drug-likeness (QED) is 0.244. The van der Waals surface area contributed by atoms with E-state index in [-0.39, 0.29) is 53.4 Å². The molecule has 1 aromatic carbocycles. The molecule has 0 amide bonds. The zero-order chi connectivity index (χ0) is 34.8. The lowest BCUT2D eigenvalue weighted by Gasteiger charge is -2.50. The van der Waals surface area contributed by atoms with Gasteiger partial charge in [0, 0.05) is 56.3 Å². The van der Waals surface area contributed by atoms with Gasteiger partial charge in [-0.2, -0.15) is 5.26 Å². The molecule has 3 aromatic rings. The zero-order valence-electron chi connectivity index (χ0n) is 26.9. The Hall–Kier alpha value is -5.77. The fourth-order valence-electron chi connectivity index (χ4n) is 6.01. The molecule has 0 N–H and O–H groups in total. The monoisotopic (exact) mass is 656 g/mol. The van der Waals surface area contributed by atoms with Gasteiger partial charge in [-0.3, -0.25) is 19.4 Å². The highest BCUT2D eigenvalue weighted by Crippen LogP contribution is 2.52. The Bertz CT molecular complexity index is 1910. The Labute approximate surface area is 275 Å². The molecule has 1 aliphatic carbocycles. The lowest BCUT2D eigenvalue weighted by atomic mass is 9.67. The van der Waals surface area contributed by atoms with E-state index >= 15 is 0 Å². The number of rotatable bonds is 8. The van der Waals surface area contributed by atoms with E-state index in [0.717, 1.165) is 6.92 Å². The molecule has 1 unspecified atom stereocenters. The summed E-state index contributed by atoms with van der Waals surface area (Å²) >= 11 is 0. The topological polar surface area (TPSA) is 181 Å². The van der Waals surface area contributed by atoms with Crippen molar-refractivity contribution in [3.8, 4) is 23.1 Å². The number of benzene rings is 1. The summed E-state index contributed by atoms with van der Waals surface area (Å²) in [6.07, 6.45) is 1.93. The lowest BCUT2D eigenvalue weighted by molar-refractivity contribution is -0.181. The Morgan fingerprint density at radius 1 is 1.08 bits per heavy atom. The molecule has 2 aliphatic rings. The van der Waals surface area contributed by atoms with Crippen LogP contribution in [0, 0.1) is 17.2 Å².